The van der Waals surface area contributed by atoms with Crippen molar-refractivity contribution in [3.05, 3.63) is 54.1 Å². The largest absolute Gasteiger partial charge is 0.573 e. The van der Waals surface area contributed by atoms with Crippen molar-refractivity contribution < 1.29 is 27.8 Å². The van der Waals surface area contributed by atoms with Gasteiger partial charge in [0, 0.05) is 10.9 Å². The number of rotatable bonds is 4. The molecule has 24 heavy (non-hydrogen) atoms. The van der Waals surface area contributed by atoms with E-state index in [0.29, 0.717) is 22.2 Å². The summed E-state index contributed by atoms with van der Waals surface area (Å²) < 4.78 is 41.1. The summed E-state index contributed by atoms with van der Waals surface area (Å²) in [6.07, 6.45) is -5.13. The van der Waals surface area contributed by atoms with Crippen LogP contribution >= 0.6 is 0 Å². The molecular weight excluding hydrogens is 323 g/mol. The standard InChI is InChI=1S/C17H12F3NO3/c18-17(19,20)24-11-6-7-14-12(8-11)13(9-15(22)23)16(21-14)10-4-2-1-3-5-10/h1-8,21H,9H2,(H,22,23). The van der Waals surface area contributed by atoms with Crippen LogP contribution in [0.25, 0.3) is 22.2 Å². The number of aliphatic carboxylic acids is 1. The molecule has 0 aliphatic rings. The van der Waals surface area contributed by atoms with Crippen molar-refractivity contribution in [2.45, 2.75) is 12.8 Å². The lowest BCUT2D eigenvalue weighted by molar-refractivity contribution is -0.274. The molecule has 0 atom stereocenters. The zero-order valence-corrected chi connectivity index (χ0v) is 12.2. The molecule has 1 aromatic heterocycles. The van der Waals surface area contributed by atoms with Crippen LogP contribution in [0.3, 0.4) is 0 Å². The maximum Gasteiger partial charge on any atom is 0.573 e. The number of aromatic amines is 1. The molecule has 0 fully saturated rings. The molecule has 0 amide bonds. The average Bonchev–Trinajstić information content (AvgIpc) is 2.84. The fourth-order valence-electron chi connectivity index (χ4n) is 2.61. The zero-order chi connectivity index (χ0) is 17.3. The van der Waals surface area contributed by atoms with E-state index >= 15 is 0 Å². The summed E-state index contributed by atoms with van der Waals surface area (Å²) in [6, 6.07) is 12.8. The van der Waals surface area contributed by atoms with Crippen LogP contribution in [-0.2, 0) is 11.2 Å². The third-order valence-electron chi connectivity index (χ3n) is 3.50. The van der Waals surface area contributed by atoms with Crippen LogP contribution in [0.4, 0.5) is 13.2 Å². The van der Waals surface area contributed by atoms with E-state index in [4.69, 9.17) is 5.11 Å². The van der Waals surface area contributed by atoms with Crippen molar-refractivity contribution in [1.29, 1.82) is 0 Å². The van der Waals surface area contributed by atoms with Crippen LogP contribution < -0.4 is 4.74 Å². The molecule has 0 unspecified atom stereocenters. The van der Waals surface area contributed by atoms with Crippen molar-refractivity contribution in [2.24, 2.45) is 0 Å². The number of ether oxygens (including phenoxy) is 1. The van der Waals surface area contributed by atoms with E-state index in [1.165, 1.54) is 18.2 Å². The minimum absolute atomic E-state index is 0.320. The van der Waals surface area contributed by atoms with Gasteiger partial charge in [-0.1, -0.05) is 30.3 Å². The van der Waals surface area contributed by atoms with E-state index in [2.05, 4.69) is 9.72 Å². The molecule has 4 nitrogen and oxygen atoms in total. The van der Waals surface area contributed by atoms with Crippen LogP contribution in [-0.4, -0.2) is 22.4 Å². The molecule has 0 aliphatic carbocycles. The second kappa shape index (κ2) is 5.92. The highest BCUT2D eigenvalue weighted by Gasteiger charge is 2.31. The topological polar surface area (TPSA) is 62.3 Å². The van der Waals surface area contributed by atoms with Crippen molar-refractivity contribution in [3.63, 3.8) is 0 Å². The molecule has 0 spiro atoms. The molecule has 7 heteroatoms. The number of carbonyl (C=O) groups is 1. The third kappa shape index (κ3) is 3.34. The van der Waals surface area contributed by atoms with Gasteiger partial charge in [0.1, 0.15) is 5.75 Å². The van der Waals surface area contributed by atoms with Gasteiger partial charge in [0.25, 0.3) is 0 Å². The number of fused-ring (bicyclic) bond motifs is 1. The summed E-state index contributed by atoms with van der Waals surface area (Å²) in [4.78, 5) is 14.3. The van der Waals surface area contributed by atoms with Gasteiger partial charge < -0.3 is 14.8 Å². The first-order valence-corrected chi connectivity index (χ1v) is 7.01. The average molecular weight is 335 g/mol. The van der Waals surface area contributed by atoms with E-state index in [1.807, 2.05) is 6.07 Å². The first kappa shape index (κ1) is 15.9. The number of carboxylic acid groups (broad SMARTS) is 1. The Morgan fingerprint density at radius 1 is 1.12 bits per heavy atom. The zero-order valence-electron chi connectivity index (χ0n) is 12.2. The highest BCUT2D eigenvalue weighted by molar-refractivity contribution is 5.94. The molecule has 124 valence electrons. The Labute approximate surface area is 134 Å². The molecule has 2 aromatic carbocycles. The summed E-state index contributed by atoms with van der Waals surface area (Å²) in [5.41, 5.74) is 2.27. The smallest absolute Gasteiger partial charge is 0.481 e. The Morgan fingerprint density at radius 3 is 2.46 bits per heavy atom. The summed E-state index contributed by atoms with van der Waals surface area (Å²) in [5.74, 6) is -1.46. The van der Waals surface area contributed by atoms with Crippen LogP contribution in [0.2, 0.25) is 0 Å². The normalized spacial score (nSPS) is 11.6. The van der Waals surface area contributed by atoms with Crippen molar-refractivity contribution in [3.8, 4) is 17.0 Å². The maximum absolute atomic E-state index is 12.4. The highest BCUT2D eigenvalue weighted by atomic mass is 19.4. The molecule has 1 heterocycles. The van der Waals surface area contributed by atoms with E-state index < -0.39 is 12.3 Å². The lowest BCUT2D eigenvalue weighted by Crippen LogP contribution is -2.17. The Bertz CT molecular complexity index is 885. The number of benzene rings is 2. The molecule has 0 radical (unpaired) electrons. The summed E-state index contributed by atoms with van der Waals surface area (Å²) in [7, 11) is 0. The maximum atomic E-state index is 12.4. The second-order valence-electron chi connectivity index (χ2n) is 5.17. The van der Waals surface area contributed by atoms with Crippen LogP contribution in [0.15, 0.2) is 48.5 Å². The number of hydrogen-bond donors (Lipinski definition) is 2. The predicted molar refractivity (Wildman–Crippen MR) is 81.8 cm³/mol. The quantitative estimate of drug-likeness (QED) is 0.745. The number of aromatic nitrogens is 1. The number of carboxylic acids is 1. The lowest BCUT2D eigenvalue weighted by atomic mass is 10.0. The van der Waals surface area contributed by atoms with Gasteiger partial charge in [-0.2, -0.15) is 0 Å². The molecule has 0 saturated heterocycles. The number of hydrogen-bond acceptors (Lipinski definition) is 2. The second-order valence-corrected chi connectivity index (χ2v) is 5.17. The molecular formula is C17H12F3NO3. The van der Waals surface area contributed by atoms with Crippen molar-refractivity contribution in [2.75, 3.05) is 0 Å². The van der Waals surface area contributed by atoms with Gasteiger partial charge in [-0.25, -0.2) is 0 Å². The van der Waals surface area contributed by atoms with Gasteiger partial charge in [-0.3, -0.25) is 4.79 Å². The summed E-state index contributed by atoms with van der Waals surface area (Å²) in [5, 5.41) is 9.53. The Morgan fingerprint density at radius 2 is 1.83 bits per heavy atom. The summed E-state index contributed by atoms with van der Waals surface area (Å²) in [6.45, 7) is 0. The first-order chi connectivity index (χ1) is 11.3. The van der Waals surface area contributed by atoms with E-state index in [9.17, 15) is 18.0 Å². The fourth-order valence-corrected chi connectivity index (χ4v) is 2.61. The Hall–Kier alpha value is -2.96. The van der Waals surface area contributed by atoms with Crippen LogP contribution in [0, 0.1) is 0 Å². The third-order valence-corrected chi connectivity index (χ3v) is 3.50. The van der Waals surface area contributed by atoms with Gasteiger partial charge in [0.05, 0.1) is 12.1 Å². The Balaban J connectivity index is 2.16. The van der Waals surface area contributed by atoms with Crippen molar-refractivity contribution in [1.82, 2.24) is 4.98 Å². The van der Waals surface area contributed by atoms with E-state index in [1.54, 1.807) is 24.3 Å². The molecule has 0 saturated carbocycles. The monoisotopic (exact) mass is 335 g/mol. The molecule has 2 N–H and O–H groups in total. The van der Waals surface area contributed by atoms with Gasteiger partial charge in [-0.05, 0) is 29.3 Å². The predicted octanol–water partition coefficient (Wildman–Crippen LogP) is 4.36. The van der Waals surface area contributed by atoms with Gasteiger partial charge in [0.2, 0.25) is 0 Å². The number of halogens is 3. The number of nitrogens with one attached hydrogen (secondary N) is 1. The minimum Gasteiger partial charge on any atom is -0.481 e. The highest BCUT2D eigenvalue weighted by Crippen LogP contribution is 2.34. The molecule has 0 bridgehead atoms. The number of alkyl halides is 3. The van der Waals surface area contributed by atoms with Gasteiger partial charge in [-0.15, -0.1) is 13.2 Å². The molecule has 3 rings (SSSR count). The van der Waals surface area contributed by atoms with Crippen LogP contribution in [0.5, 0.6) is 5.75 Å². The summed E-state index contributed by atoms with van der Waals surface area (Å²) >= 11 is 0. The first-order valence-electron chi connectivity index (χ1n) is 7.01. The van der Waals surface area contributed by atoms with Crippen molar-refractivity contribution >= 4 is 16.9 Å². The number of H-pyrrole nitrogens is 1. The van der Waals surface area contributed by atoms with E-state index in [-0.39, 0.29) is 12.2 Å². The lowest BCUT2D eigenvalue weighted by Gasteiger charge is -2.08. The molecule has 3 aromatic rings. The van der Waals surface area contributed by atoms with Gasteiger partial charge in [0.15, 0.2) is 0 Å². The van der Waals surface area contributed by atoms with Gasteiger partial charge >= 0.3 is 12.3 Å². The molecule has 0 aliphatic heterocycles. The fraction of sp³-hybridized carbons (Fsp3) is 0.118. The van der Waals surface area contributed by atoms with Crippen LogP contribution in [0.1, 0.15) is 5.56 Å². The minimum atomic E-state index is -4.81. The SMILES string of the molecule is O=C(O)Cc1c(-c2ccccc2)[nH]c2ccc(OC(F)(F)F)cc12. The van der Waals surface area contributed by atoms with E-state index in [0.717, 1.165) is 5.56 Å². The Kier molecular flexibility index (Phi) is 3.92.